The zero-order valence-corrected chi connectivity index (χ0v) is 13.2. The van der Waals surface area contributed by atoms with E-state index in [1.807, 2.05) is 24.4 Å². The van der Waals surface area contributed by atoms with Crippen molar-refractivity contribution in [1.82, 2.24) is 9.97 Å². The smallest absolute Gasteiger partial charge is 0.133 e. The minimum Gasteiger partial charge on any atom is -0.497 e. The third kappa shape index (κ3) is 3.75. The van der Waals surface area contributed by atoms with Gasteiger partial charge in [0.1, 0.15) is 17.4 Å². The maximum absolute atomic E-state index is 5.20. The number of rotatable bonds is 7. The molecule has 22 heavy (non-hydrogen) atoms. The summed E-state index contributed by atoms with van der Waals surface area (Å²) in [5, 5.41) is 3.42. The molecule has 1 heterocycles. The van der Waals surface area contributed by atoms with Crippen molar-refractivity contribution in [1.29, 1.82) is 0 Å². The van der Waals surface area contributed by atoms with Crippen LogP contribution in [0, 0.1) is 0 Å². The number of ether oxygens (including phenoxy) is 1. The molecule has 0 bridgehead atoms. The number of anilines is 1. The molecule has 1 unspecified atom stereocenters. The predicted molar refractivity (Wildman–Crippen MR) is 88.5 cm³/mol. The van der Waals surface area contributed by atoms with Gasteiger partial charge in [-0.1, -0.05) is 19.1 Å². The van der Waals surface area contributed by atoms with E-state index in [9.17, 15) is 0 Å². The van der Waals surface area contributed by atoms with Gasteiger partial charge in [0.15, 0.2) is 0 Å². The molecule has 0 saturated heterocycles. The van der Waals surface area contributed by atoms with Gasteiger partial charge in [0.25, 0.3) is 0 Å². The number of benzene rings is 1. The van der Waals surface area contributed by atoms with Gasteiger partial charge in [0.2, 0.25) is 0 Å². The second-order valence-corrected chi connectivity index (χ2v) is 5.96. The van der Waals surface area contributed by atoms with Gasteiger partial charge >= 0.3 is 0 Å². The monoisotopic (exact) mass is 297 g/mol. The lowest BCUT2D eigenvalue weighted by Gasteiger charge is -2.13. The normalized spacial score (nSPS) is 15.4. The number of hydrogen-bond acceptors (Lipinski definition) is 4. The van der Waals surface area contributed by atoms with Crippen molar-refractivity contribution in [2.24, 2.45) is 0 Å². The maximum atomic E-state index is 5.20. The second kappa shape index (κ2) is 6.77. The van der Waals surface area contributed by atoms with Crippen LogP contribution in [0.5, 0.6) is 5.75 Å². The molecule has 4 heteroatoms. The van der Waals surface area contributed by atoms with Gasteiger partial charge < -0.3 is 10.1 Å². The lowest BCUT2D eigenvalue weighted by molar-refractivity contribution is 0.414. The quantitative estimate of drug-likeness (QED) is 0.840. The van der Waals surface area contributed by atoms with Crippen LogP contribution in [-0.2, 0) is 0 Å². The van der Waals surface area contributed by atoms with E-state index in [-0.39, 0.29) is 0 Å². The molecule has 1 aliphatic carbocycles. The Hall–Kier alpha value is -2.10. The summed E-state index contributed by atoms with van der Waals surface area (Å²) in [5.41, 5.74) is 1.34. The van der Waals surface area contributed by atoms with Crippen LogP contribution in [0.15, 0.2) is 36.5 Å². The first-order chi connectivity index (χ1) is 10.8. The van der Waals surface area contributed by atoms with E-state index in [1.165, 1.54) is 18.4 Å². The van der Waals surface area contributed by atoms with Crippen LogP contribution in [-0.4, -0.2) is 23.6 Å². The molecule has 1 N–H and O–H groups in total. The van der Waals surface area contributed by atoms with Gasteiger partial charge in [0, 0.05) is 18.7 Å². The van der Waals surface area contributed by atoms with E-state index in [1.54, 1.807) is 7.11 Å². The minimum absolute atomic E-state index is 0.503. The summed E-state index contributed by atoms with van der Waals surface area (Å²) >= 11 is 0. The highest BCUT2D eigenvalue weighted by molar-refractivity contribution is 5.34. The third-order valence-corrected chi connectivity index (χ3v) is 4.19. The Morgan fingerprint density at radius 2 is 2.00 bits per heavy atom. The summed E-state index contributed by atoms with van der Waals surface area (Å²) in [7, 11) is 1.69. The Labute approximate surface area is 132 Å². The molecule has 0 aliphatic heterocycles. The fourth-order valence-electron chi connectivity index (χ4n) is 2.53. The zero-order chi connectivity index (χ0) is 15.4. The molecule has 1 aromatic heterocycles. The highest BCUT2D eigenvalue weighted by atomic mass is 16.5. The van der Waals surface area contributed by atoms with Crippen LogP contribution < -0.4 is 10.1 Å². The highest BCUT2D eigenvalue weighted by Gasteiger charge is 2.26. The topological polar surface area (TPSA) is 47.0 Å². The van der Waals surface area contributed by atoms with Crippen LogP contribution in [0.1, 0.15) is 49.4 Å². The molecular formula is C18H23N3O. The van der Waals surface area contributed by atoms with Gasteiger partial charge in [-0.15, -0.1) is 0 Å². The second-order valence-electron chi connectivity index (χ2n) is 5.96. The molecular weight excluding hydrogens is 274 g/mol. The SMILES string of the molecule is COc1ccc(C(C)CCNc2ccnc(C3CC3)n2)cc1. The number of nitrogens with one attached hydrogen (secondary N) is 1. The lowest BCUT2D eigenvalue weighted by atomic mass is 9.98. The molecule has 1 fully saturated rings. The standard InChI is InChI=1S/C18H23N3O/c1-13(14-5-7-16(22-2)8-6-14)9-11-19-17-10-12-20-18(21-17)15-3-4-15/h5-8,10,12-13,15H,3-4,9,11H2,1-2H3,(H,19,20,21). The number of nitrogens with zero attached hydrogens (tertiary/aromatic N) is 2. The van der Waals surface area contributed by atoms with Crippen LogP contribution in [0.4, 0.5) is 5.82 Å². The van der Waals surface area contributed by atoms with E-state index in [4.69, 9.17) is 4.74 Å². The summed E-state index contributed by atoms with van der Waals surface area (Å²) in [6, 6.07) is 10.3. The van der Waals surface area contributed by atoms with E-state index in [0.29, 0.717) is 11.8 Å². The highest BCUT2D eigenvalue weighted by Crippen LogP contribution is 2.38. The van der Waals surface area contributed by atoms with Gasteiger partial charge in [-0.05, 0) is 48.9 Å². The maximum Gasteiger partial charge on any atom is 0.133 e. The van der Waals surface area contributed by atoms with Crippen LogP contribution >= 0.6 is 0 Å². The summed E-state index contributed by atoms with van der Waals surface area (Å²) in [6.07, 6.45) is 5.39. The van der Waals surface area contributed by atoms with Crippen molar-refractivity contribution in [2.45, 2.75) is 38.0 Å². The van der Waals surface area contributed by atoms with E-state index < -0.39 is 0 Å². The average molecular weight is 297 g/mol. The molecule has 1 aliphatic rings. The molecule has 4 nitrogen and oxygen atoms in total. The molecule has 1 aromatic carbocycles. The van der Waals surface area contributed by atoms with Crippen LogP contribution in [0.25, 0.3) is 0 Å². The van der Waals surface area contributed by atoms with Gasteiger partial charge in [-0.3, -0.25) is 0 Å². The van der Waals surface area contributed by atoms with Crippen molar-refractivity contribution >= 4 is 5.82 Å². The third-order valence-electron chi connectivity index (χ3n) is 4.19. The largest absolute Gasteiger partial charge is 0.497 e. The Morgan fingerprint density at radius 1 is 1.23 bits per heavy atom. The Bertz CT molecular complexity index is 608. The fourth-order valence-corrected chi connectivity index (χ4v) is 2.53. The number of hydrogen-bond donors (Lipinski definition) is 1. The Morgan fingerprint density at radius 3 is 2.68 bits per heavy atom. The minimum atomic E-state index is 0.503. The number of methoxy groups -OCH3 is 1. The van der Waals surface area contributed by atoms with E-state index in [0.717, 1.165) is 30.4 Å². The molecule has 0 spiro atoms. The van der Waals surface area contributed by atoms with E-state index in [2.05, 4.69) is 34.3 Å². The fraction of sp³-hybridized carbons (Fsp3) is 0.444. The van der Waals surface area contributed by atoms with Gasteiger partial charge in [-0.25, -0.2) is 9.97 Å². The molecule has 1 atom stereocenters. The summed E-state index contributed by atoms with van der Waals surface area (Å²) in [6.45, 7) is 3.16. The summed E-state index contributed by atoms with van der Waals surface area (Å²) in [5.74, 6) is 3.94. The van der Waals surface area contributed by atoms with Crippen molar-refractivity contribution in [2.75, 3.05) is 19.0 Å². The first-order valence-corrected chi connectivity index (χ1v) is 7.97. The van der Waals surface area contributed by atoms with Gasteiger partial charge in [-0.2, -0.15) is 0 Å². The molecule has 0 radical (unpaired) electrons. The number of aromatic nitrogens is 2. The van der Waals surface area contributed by atoms with Crippen molar-refractivity contribution in [3.63, 3.8) is 0 Å². The average Bonchev–Trinajstić information content (AvgIpc) is 3.40. The van der Waals surface area contributed by atoms with Crippen molar-refractivity contribution < 1.29 is 4.74 Å². The Kier molecular flexibility index (Phi) is 4.56. The Balaban J connectivity index is 1.50. The zero-order valence-electron chi connectivity index (χ0n) is 13.2. The molecule has 3 rings (SSSR count). The predicted octanol–water partition coefficient (Wildman–Crippen LogP) is 3.97. The summed E-state index contributed by atoms with van der Waals surface area (Å²) < 4.78 is 5.20. The molecule has 1 saturated carbocycles. The lowest BCUT2D eigenvalue weighted by Crippen LogP contribution is -2.08. The first kappa shape index (κ1) is 14.8. The van der Waals surface area contributed by atoms with Crippen LogP contribution in [0.3, 0.4) is 0 Å². The summed E-state index contributed by atoms with van der Waals surface area (Å²) in [4.78, 5) is 8.93. The molecule has 0 amide bonds. The molecule has 2 aromatic rings. The van der Waals surface area contributed by atoms with Crippen LogP contribution in [0.2, 0.25) is 0 Å². The van der Waals surface area contributed by atoms with Crippen molar-refractivity contribution in [3.05, 3.63) is 47.9 Å². The first-order valence-electron chi connectivity index (χ1n) is 7.97. The van der Waals surface area contributed by atoms with Gasteiger partial charge in [0.05, 0.1) is 7.11 Å². The van der Waals surface area contributed by atoms with E-state index >= 15 is 0 Å². The van der Waals surface area contributed by atoms with Crippen molar-refractivity contribution in [3.8, 4) is 5.75 Å². The molecule has 116 valence electrons.